The molecule has 0 aliphatic rings. The molecule has 2 heterocycles. The molecule has 2 aromatic heterocycles. The number of hydrogen-bond acceptors (Lipinski definition) is 7. The van der Waals surface area contributed by atoms with Crippen LogP contribution in [0.3, 0.4) is 0 Å². The van der Waals surface area contributed by atoms with Gasteiger partial charge in [0.05, 0.1) is 5.69 Å². The number of aromatic nitrogens is 5. The lowest BCUT2D eigenvalue weighted by Gasteiger charge is -2.14. The maximum absolute atomic E-state index is 12.9. The van der Waals surface area contributed by atoms with Gasteiger partial charge in [0.1, 0.15) is 6.61 Å². The van der Waals surface area contributed by atoms with Gasteiger partial charge in [0, 0.05) is 29.1 Å². The van der Waals surface area contributed by atoms with E-state index >= 15 is 0 Å². The largest absolute Gasteiger partial charge is 0.465 e. The van der Waals surface area contributed by atoms with Gasteiger partial charge in [-0.25, -0.2) is 9.78 Å². The van der Waals surface area contributed by atoms with E-state index in [1.807, 2.05) is 0 Å². The van der Waals surface area contributed by atoms with E-state index in [1.54, 1.807) is 5.38 Å². The third kappa shape index (κ3) is 4.02. The van der Waals surface area contributed by atoms with Crippen LogP contribution in [-0.4, -0.2) is 30.3 Å². The van der Waals surface area contributed by atoms with Crippen LogP contribution in [0.1, 0.15) is 5.56 Å². The molecule has 0 atom stereocenters. The number of thiazole rings is 1. The highest BCUT2D eigenvalue weighted by Gasteiger charge is 2.31. The van der Waals surface area contributed by atoms with Gasteiger partial charge in [0.25, 0.3) is 5.19 Å². The molecule has 3 rings (SSSR count). The van der Waals surface area contributed by atoms with Crippen molar-refractivity contribution >= 4 is 23.1 Å². The second-order valence-electron chi connectivity index (χ2n) is 4.69. The summed E-state index contributed by atoms with van der Waals surface area (Å²) < 4.78 is 46.0. The van der Waals surface area contributed by atoms with Crippen LogP contribution in [0.2, 0.25) is 0 Å². The molecule has 0 saturated carbocycles. The molecular formula is C13H10F3N5O2S2. The minimum Gasteiger partial charge on any atom is -0.465 e. The van der Waals surface area contributed by atoms with Crippen LogP contribution in [0.4, 0.5) is 13.2 Å². The number of ether oxygens (including phenoxy) is 1. The summed E-state index contributed by atoms with van der Waals surface area (Å²) in [6, 6.07) is 4.21. The van der Waals surface area contributed by atoms with Gasteiger partial charge in [-0.3, -0.25) is 0 Å². The summed E-state index contributed by atoms with van der Waals surface area (Å²) in [5, 5.41) is 9.26. The highest BCUT2D eigenvalue weighted by atomic mass is 32.2. The van der Waals surface area contributed by atoms with Crippen molar-refractivity contribution in [3.8, 4) is 10.9 Å². The molecule has 7 nitrogen and oxygen atoms in total. The molecule has 12 heteroatoms. The molecule has 0 amide bonds. The standard InChI is InChI=1S/C13H10F3N5O2S2/c1-20-12(22)21(19-18-20)9-3-2-4-10(25-13(14,15)16)8(9)7-23-11-17-5-6-24-11/h2-6H,7H2,1H3. The van der Waals surface area contributed by atoms with Gasteiger partial charge in [-0.1, -0.05) is 17.4 Å². The highest BCUT2D eigenvalue weighted by Crippen LogP contribution is 2.40. The first kappa shape index (κ1) is 17.5. The Morgan fingerprint density at radius 3 is 2.72 bits per heavy atom. The summed E-state index contributed by atoms with van der Waals surface area (Å²) >= 11 is 0.926. The van der Waals surface area contributed by atoms with E-state index in [0.29, 0.717) is 5.19 Å². The second kappa shape index (κ2) is 6.88. The average molecular weight is 389 g/mol. The van der Waals surface area contributed by atoms with Crippen molar-refractivity contribution in [2.45, 2.75) is 17.0 Å². The first-order valence-corrected chi connectivity index (χ1v) is 8.44. The lowest BCUT2D eigenvalue weighted by molar-refractivity contribution is -0.0328. The summed E-state index contributed by atoms with van der Waals surface area (Å²) in [6.07, 6.45) is 1.52. The molecule has 0 bridgehead atoms. The van der Waals surface area contributed by atoms with Crippen molar-refractivity contribution in [2.24, 2.45) is 7.05 Å². The Morgan fingerprint density at radius 1 is 1.32 bits per heavy atom. The zero-order valence-corrected chi connectivity index (χ0v) is 14.2. The van der Waals surface area contributed by atoms with Crippen LogP contribution < -0.4 is 10.4 Å². The van der Waals surface area contributed by atoms with Crippen molar-refractivity contribution < 1.29 is 17.9 Å². The number of thioether (sulfide) groups is 1. The van der Waals surface area contributed by atoms with Crippen LogP contribution in [0.25, 0.3) is 5.69 Å². The maximum Gasteiger partial charge on any atom is 0.446 e. The van der Waals surface area contributed by atoms with Gasteiger partial charge in [-0.2, -0.15) is 22.5 Å². The van der Waals surface area contributed by atoms with Gasteiger partial charge in [-0.15, -0.1) is 0 Å². The molecule has 0 N–H and O–H groups in total. The van der Waals surface area contributed by atoms with Crippen LogP contribution in [0.5, 0.6) is 5.19 Å². The van der Waals surface area contributed by atoms with Crippen molar-refractivity contribution in [1.29, 1.82) is 0 Å². The monoisotopic (exact) mass is 389 g/mol. The van der Waals surface area contributed by atoms with E-state index in [-0.39, 0.29) is 34.5 Å². The number of hydrogen-bond donors (Lipinski definition) is 0. The fourth-order valence-corrected chi connectivity index (χ4v) is 3.17. The molecule has 0 unspecified atom stereocenters. The molecule has 3 aromatic rings. The number of alkyl halides is 3. The molecule has 0 saturated heterocycles. The second-order valence-corrected chi connectivity index (χ2v) is 6.65. The zero-order valence-electron chi connectivity index (χ0n) is 12.6. The Kier molecular flexibility index (Phi) is 4.81. The van der Waals surface area contributed by atoms with E-state index in [9.17, 15) is 18.0 Å². The fourth-order valence-electron chi connectivity index (χ4n) is 2.00. The van der Waals surface area contributed by atoms with E-state index in [2.05, 4.69) is 15.4 Å². The van der Waals surface area contributed by atoms with Gasteiger partial charge in [0.15, 0.2) is 0 Å². The molecule has 0 aliphatic heterocycles. The molecule has 0 spiro atoms. The molecule has 0 aliphatic carbocycles. The van der Waals surface area contributed by atoms with Gasteiger partial charge < -0.3 is 4.74 Å². The predicted molar refractivity (Wildman–Crippen MR) is 85.0 cm³/mol. The Labute approximate surface area is 147 Å². The van der Waals surface area contributed by atoms with Crippen molar-refractivity contribution in [1.82, 2.24) is 24.8 Å². The average Bonchev–Trinajstić information content (AvgIpc) is 3.16. The molecular weight excluding hydrogens is 379 g/mol. The number of benzene rings is 1. The van der Waals surface area contributed by atoms with Crippen molar-refractivity contribution in [3.63, 3.8) is 0 Å². The third-order valence-electron chi connectivity index (χ3n) is 3.03. The van der Waals surface area contributed by atoms with Gasteiger partial charge in [-0.05, 0) is 34.3 Å². The van der Waals surface area contributed by atoms with Gasteiger partial charge >= 0.3 is 11.2 Å². The SMILES string of the molecule is Cn1nnn(-c2cccc(SC(F)(F)F)c2COc2nccs2)c1=O. The Bertz CT molecular complexity index is 921. The minimum absolute atomic E-state index is 0.0842. The predicted octanol–water partition coefficient (Wildman–Crippen LogP) is 2.61. The topological polar surface area (TPSA) is 74.8 Å². The molecule has 25 heavy (non-hydrogen) atoms. The van der Waals surface area contributed by atoms with Crippen LogP contribution >= 0.6 is 23.1 Å². The quantitative estimate of drug-likeness (QED) is 0.625. The van der Waals surface area contributed by atoms with Crippen LogP contribution in [0.15, 0.2) is 39.5 Å². The lowest BCUT2D eigenvalue weighted by Crippen LogP contribution is -2.23. The normalized spacial score (nSPS) is 11.7. The summed E-state index contributed by atoms with van der Waals surface area (Å²) in [5.74, 6) is 0. The molecule has 0 fully saturated rings. The van der Waals surface area contributed by atoms with E-state index in [4.69, 9.17) is 4.74 Å². The summed E-state index contributed by atoms with van der Waals surface area (Å²) in [7, 11) is 1.39. The first-order valence-electron chi connectivity index (χ1n) is 6.74. The summed E-state index contributed by atoms with van der Waals surface area (Å²) in [6.45, 7) is -0.203. The molecule has 1 aromatic carbocycles. The van der Waals surface area contributed by atoms with E-state index < -0.39 is 11.2 Å². The zero-order chi connectivity index (χ0) is 18.0. The minimum atomic E-state index is -4.48. The number of aryl methyl sites for hydroxylation is 1. The lowest BCUT2D eigenvalue weighted by atomic mass is 10.2. The summed E-state index contributed by atoms with van der Waals surface area (Å²) in [4.78, 5) is 15.9. The molecule has 132 valence electrons. The third-order valence-corrected chi connectivity index (χ3v) is 4.55. The molecule has 0 radical (unpaired) electrons. The fraction of sp³-hybridized carbons (Fsp3) is 0.231. The number of nitrogens with zero attached hydrogens (tertiary/aromatic N) is 5. The Balaban J connectivity index is 2.05. The van der Waals surface area contributed by atoms with Crippen molar-refractivity contribution in [2.75, 3.05) is 0 Å². The number of rotatable bonds is 5. The van der Waals surface area contributed by atoms with Gasteiger partial charge in [0.2, 0.25) is 0 Å². The highest BCUT2D eigenvalue weighted by molar-refractivity contribution is 8.00. The smallest absolute Gasteiger partial charge is 0.446 e. The first-order chi connectivity index (χ1) is 11.8. The number of halogens is 3. The van der Waals surface area contributed by atoms with E-state index in [0.717, 1.165) is 9.36 Å². The summed E-state index contributed by atoms with van der Waals surface area (Å²) in [5.41, 5.74) is -4.72. The van der Waals surface area contributed by atoms with Crippen molar-refractivity contribution in [3.05, 3.63) is 45.8 Å². The Hall–Kier alpha value is -2.34. The number of tetrazole rings is 1. The Morgan fingerprint density at radius 2 is 2.12 bits per heavy atom. The van der Waals surface area contributed by atoms with Crippen LogP contribution in [-0.2, 0) is 13.7 Å². The maximum atomic E-state index is 12.9. The van der Waals surface area contributed by atoms with Crippen LogP contribution in [0, 0.1) is 0 Å². The van der Waals surface area contributed by atoms with E-state index in [1.165, 1.54) is 42.8 Å².